The molecule has 0 radical (unpaired) electrons. The molecule has 1 amide bonds. The highest BCUT2D eigenvalue weighted by Crippen LogP contribution is 2.17. The number of carbonyl (C=O) groups excluding carboxylic acids is 2. The molecule has 0 rings (SSSR count). The van der Waals surface area contributed by atoms with Gasteiger partial charge in [-0.2, -0.15) is 0 Å². The van der Waals surface area contributed by atoms with E-state index in [9.17, 15) is 19.8 Å². The quantitative estimate of drug-likeness (QED) is 0.0321. The third kappa shape index (κ3) is 51.7. The van der Waals surface area contributed by atoms with Crippen molar-refractivity contribution in [3.8, 4) is 0 Å². The molecule has 0 aromatic rings. The summed E-state index contributed by atoms with van der Waals surface area (Å²) in [6, 6.07) is -0.543. The van der Waals surface area contributed by atoms with Crippen molar-refractivity contribution in [1.29, 1.82) is 0 Å². The van der Waals surface area contributed by atoms with Crippen LogP contribution in [0.5, 0.6) is 0 Å². The molecule has 2 atom stereocenters. The fourth-order valence-electron chi connectivity index (χ4n) is 9.20. The number of amides is 1. The highest BCUT2D eigenvalue weighted by Gasteiger charge is 2.20. The first-order valence-corrected chi connectivity index (χ1v) is 29.6. The van der Waals surface area contributed by atoms with E-state index in [2.05, 4.69) is 43.5 Å². The lowest BCUT2D eigenvalue weighted by atomic mass is 10.0. The van der Waals surface area contributed by atoms with Crippen molar-refractivity contribution in [3.05, 3.63) is 24.3 Å². The zero-order valence-electron chi connectivity index (χ0n) is 44.4. The van der Waals surface area contributed by atoms with Gasteiger partial charge in [0, 0.05) is 12.8 Å². The fraction of sp³-hybridized carbons (Fsp3) is 0.900. The molecule has 0 bridgehead atoms. The summed E-state index contributed by atoms with van der Waals surface area (Å²) in [4.78, 5) is 24.5. The lowest BCUT2D eigenvalue weighted by Crippen LogP contribution is -2.45. The van der Waals surface area contributed by atoms with Gasteiger partial charge in [0.1, 0.15) is 0 Å². The summed E-state index contributed by atoms with van der Waals surface area (Å²) in [7, 11) is 0. The second-order valence-corrected chi connectivity index (χ2v) is 20.3. The monoisotopic (exact) mass is 930 g/mol. The van der Waals surface area contributed by atoms with E-state index in [0.717, 1.165) is 51.4 Å². The summed E-state index contributed by atoms with van der Waals surface area (Å²) in [6.45, 7) is 4.94. The average molecular weight is 931 g/mol. The first kappa shape index (κ1) is 64.3. The topological polar surface area (TPSA) is 95.9 Å². The van der Waals surface area contributed by atoms with Crippen LogP contribution in [0.3, 0.4) is 0 Å². The van der Waals surface area contributed by atoms with Gasteiger partial charge < -0.3 is 20.3 Å². The number of hydrogen-bond acceptors (Lipinski definition) is 5. The Morgan fingerprint density at radius 3 is 1.17 bits per heavy atom. The van der Waals surface area contributed by atoms with Crippen molar-refractivity contribution in [2.75, 3.05) is 13.2 Å². The number of ether oxygens (including phenoxy) is 1. The van der Waals surface area contributed by atoms with E-state index in [0.29, 0.717) is 25.9 Å². The Kier molecular flexibility index (Phi) is 54.5. The van der Waals surface area contributed by atoms with Gasteiger partial charge in [0.25, 0.3) is 0 Å². The zero-order chi connectivity index (χ0) is 47.9. The van der Waals surface area contributed by atoms with Gasteiger partial charge in [0.15, 0.2) is 0 Å². The van der Waals surface area contributed by atoms with Crippen molar-refractivity contribution in [2.24, 2.45) is 0 Å². The third-order valence-electron chi connectivity index (χ3n) is 13.8. The first-order valence-electron chi connectivity index (χ1n) is 29.6. The van der Waals surface area contributed by atoms with Crippen LogP contribution in [0.4, 0.5) is 0 Å². The molecule has 0 fully saturated rings. The molecule has 0 aliphatic heterocycles. The van der Waals surface area contributed by atoms with E-state index >= 15 is 0 Å². The van der Waals surface area contributed by atoms with Crippen LogP contribution in [0.2, 0.25) is 0 Å². The Morgan fingerprint density at radius 2 is 0.758 bits per heavy atom. The maximum absolute atomic E-state index is 12.5. The van der Waals surface area contributed by atoms with Gasteiger partial charge in [-0.1, -0.05) is 276 Å². The molecule has 0 heterocycles. The second kappa shape index (κ2) is 55.9. The van der Waals surface area contributed by atoms with Gasteiger partial charge in [-0.3, -0.25) is 9.59 Å². The summed E-state index contributed by atoms with van der Waals surface area (Å²) in [6.07, 6.45) is 67.4. The van der Waals surface area contributed by atoms with Gasteiger partial charge in [-0.05, 0) is 57.8 Å². The van der Waals surface area contributed by atoms with Crippen molar-refractivity contribution >= 4 is 11.9 Å². The molecule has 390 valence electrons. The van der Waals surface area contributed by atoms with Crippen LogP contribution in [0.15, 0.2) is 24.3 Å². The first-order chi connectivity index (χ1) is 32.5. The molecule has 6 heteroatoms. The fourth-order valence-corrected chi connectivity index (χ4v) is 9.20. The largest absolute Gasteiger partial charge is 0.466 e. The molecule has 0 aliphatic rings. The van der Waals surface area contributed by atoms with Crippen molar-refractivity contribution in [1.82, 2.24) is 5.32 Å². The Hall–Kier alpha value is -1.66. The highest BCUT2D eigenvalue weighted by atomic mass is 16.5. The molecule has 0 saturated carbocycles. The third-order valence-corrected chi connectivity index (χ3v) is 13.8. The number of esters is 1. The lowest BCUT2D eigenvalue weighted by Gasteiger charge is -2.22. The van der Waals surface area contributed by atoms with Crippen molar-refractivity contribution < 1.29 is 24.5 Å². The minimum atomic E-state index is -0.666. The van der Waals surface area contributed by atoms with Crippen LogP contribution in [0.25, 0.3) is 0 Å². The van der Waals surface area contributed by atoms with Crippen molar-refractivity contribution in [2.45, 2.75) is 334 Å². The predicted octanol–water partition coefficient (Wildman–Crippen LogP) is 18.2. The van der Waals surface area contributed by atoms with Gasteiger partial charge in [0.2, 0.25) is 5.91 Å². The molecule has 0 aromatic heterocycles. The van der Waals surface area contributed by atoms with E-state index in [4.69, 9.17) is 4.74 Å². The Labute approximate surface area is 411 Å². The van der Waals surface area contributed by atoms with E-state index in [-0.39, 0.29) is 18.5 Å². The molecular weight excluding hydrogens is 815 g/mol. The standard InChI is InChI=1S/C60H115NO5/c1-3-5-7-9-11-13-15-17-19-26-30-34-38-42-46-50-54-60(65)66-55-51-47-43-39-35-31-27-24-22-20-21-23-25-29-33-37-41-45-49-53-59(64)61-57(56-62)58(63)52-48-44-40-36-32-28-18-16-14-12-10-8-6-4-2/h13,15,19,26,57-58,62-63H,3-12,14,16-18,20-25,27-56H2,1-2H3,(H,61,64)/b15-13-,26-19-. The minimum Gasteiger partial charge on any atom is -0.466 e. The molecule has 0 aliphatic carbocycles. The molecule has 0 saturated heterocycles. The second-order valence-electron chi connectivity index (χ2n) is 20.3. The molecule has 0 aromatic carbocycles. The Morgan fingerprint density at radius 1 is 0.424 bits per heavy atom. The van der Waals surface area contributed by atoms with Crippen LogP contribution in [-0.4, -0.2) is 47.4 Å². The number of aliphatic hydroxyl groups is 2. The number of allylic oxidation sites excluding steroid dienone is 4. The SMILES string of the molecule is CCCCCC/C=C\C/C=C\CCCCCCCC(=O)OCCCCCCCCCCCCCCCCCCCCCC(=O)NC(CO)C(O)CCCCCCCCCCCCCCCC. The molecule has 6 nitrogen and oxygen atoms in total. The summed E-state index contributed by atoms with van der Waals surface area (Å²) in [5, 5.41) is 23.3. The number of hydrogen-bond donors (Lipinski definition) is 3. The molecule has 66 heavy (non-hydrogen) atoms. The van der Waals surface area contributed by atoms with E-state index < -0.39 is 12.1 Å². The number of unbranched alkanes of at least 4 members (excludes halogenated alkanes) is 40. The summed E-state index contributed by atoms with van der Waals surface area (Å²) in [5.74, 6) is -0.0410. The van der Waals surface area contributed by atoms with Crippen molar-refractivity contribution in [3.63, 3.8) is 0 Å². The normalized spacial score (nSPS) is 12.7. The number of nitrogens with one attached hydrogen (secondary N) is 1. The predicted molar refractivity (Wildman–Crippen MR) is 287 cm³/mol. The molecule has 3 N–H and O–H groups in total. The zero-order valence-corrected chi connectivity index (χ0v) is 44.4. The van der Waals surface area contributed by atoms with Gasteiger partial charge in [-0.25, -0.2) is 0 Å². The maximum atomic E-state index is 12.5. The Bertz CT molecular complexity index is 1030. The van der Waals surface area contributed by atoms with Crippen LogP contribution in [-0.2, 0) is 14.3 Å². The minimum absolute atomic E-state index is 0.00410. The average Bonchev–Trinajstić information content (AvgIpc) is 3.32. The van der Waals surface area contributed by atoms with Crippen LogP contribution < -0.4 is 5.32 Å². The van der Waals surface area contributed by atoms with E-state index in [1.54, 1.807) is 0 Å². The maximum Gasteiger partial charge on any atom is 0.305 e. The summed E-state index contributed by atoms with van der Waals surface area (Å²) in [5.41, 5.74) is 0. The number of rotatable bonds is 55. The molecule has 0 spiro atoms. The number of carbonyl (C=O) groups is 2. The summed E-state index contributed by atoms with van der Waals surface area (Å²) >= 11 is 0. The molecular formula is C60H115NO5. The van der Waals surface area contributed by atoms with Crippen LogP contribution >= 0.6 is 0 Å². The van der Waals surface area contributed by atoms with Gasteiger partial charge in [-0.15, -0.1) is 0 Å². The van der Waals surface area contributed by atoms with Gasteiger partial charge >= 0.3 is 5.97 Å². The summed E-state index contributed by atoms with van der Waals surface area (Å²) < 4.78 is 5.48. The molecule has 2 unspecified atom stereocenters. The van der Waals surface area contributed by atoms with Gasteiger partial charge in [0.05, 0.1) is 25.4 Å². The van der Waals surface area contributed by atoms with E-state index in [1.165, 1.54) is 238 Å². The Balaban J connectivity index is 3.40. The lowest BCUT2D eigenvalue weighted by molar-refractivity contribution is -0.143. The van der Waals surface area contributed by atoms with Crippen LogP contribution in [0, 0.1) is 0 Å². The van der Waals surface area contributed by atoms with E-state index in [1.807, 2.05) is 0 Å². The smallest absolute Gasteiger partial charge is 0.305 e. The number of aliphatic hydroxyl groups excluding tert-OH is 2. The highest BCUT2D eigenvalue weighted by molar-refractivity contribution is 5.76. The van der Waals surface area contributed by atoms with Crippen LogP contribution in [0.1, 0.15) is 322 Å².